The third kappa shape index (κ3) is 2.50. The van der Waals surface area contributed by atoms with E-state index < -0.39 is 0 Å². The van der Waals surface area contributed by atoms with Crippen molar-refractivity contribution in [1.29, 1.82) is 0 Å². The van der Waals surface area contributed by atoms with E-state index in [1.165, 1.54) is 21.9 Å². The Morgan fingerprint density at radius 2 is 1.71 bits per heavy atom. The smallest absolute Gasteiger partial charge is 0.0211 e. The van der Waals surface area contributed by atoms with Gasteiger partial charge in [0.2, 0.25) is 0 Å². The van der Waals surface area contributed by atoms with Gasteiger partial charge in [-0.05, 0) is 34.4 Å². The summed E-state index contributed by atoms with van der Waals surface area (Å²) in [5, 5.41) is 6.19. The molecule has 0 aliphatic rings. The maximum absolute atomic E-state index is 3.41. The van der Waals surface area contributed by atoms with Crippen LogP contribution in [0.2, 0.25) is 0 Å². The lowest BCUT2D eigenvalue weighted by Crippen LogP contribution is -2.12. The highest BCUT2D eigenvalue weighted by Gasteiger charge is 2.07. The van der Waals surface area contributed by atoms with E-state index in [9.17, 15) is 0 Å². The Morgan fingerprint density at radius 1 is 1.00 bits per heavy atom. The quantitative estimate of drug-likeness (QED) is 0.830. The van der Waals surface area contributed by atoms with Crippen LogP contribution in [0.15, 0.2) is 36.4 Å². The molecule has 0 aliphatic heterocycles. The first-order valence-electron chi connectivity index (χ1n) is 6.45. The van der Waals surface area contributed by atoms with Crippen LogP contribution in [0.5, 0.6) is 0 Å². The zero-order chi connectivity index (χ0) is 12.3. The second-order valence-electron chi connectivity index (χ2n) is 4.79. The molecule has 0 amide bonds. The average molecular weight is 227 g/mol. The molecule has 0 fully saturated rings. The first kappa shape index (κ1) is 12.1. The van der Waals surface area contributed by atoms with Crippen molar-refractivity contribution in [2.24, 2.45) is 0 Å². The second kappa shape index (κ2) is 5.33. The average Bonchev–Trinajstić information content (AvgIpc) is 2.35. The molecular weight excluding hydrogens is 206 g/mol. The zero-order valence-electron chi connectivity index (χ0n) is 11.0. The van der Waals surface area contributed by atoms with Crippen molar-refractivity contribution >= 4 is 10.8 Å². The highest BCUT2D eigenvalue weighted by atomic mass is 14.8. The first-order chi connectivity index (χ1) is 8.24. The molecule has 1 heteroatoms. The molecule has 0 radical (unpaired) electrons. The Morgan fingerprint density at radius 3 is 2.35 bits per heavy atom. The molecular formula is C16H21N. The number of hydrogen-bond acceptors (Lipinski definition) is 1. The van der Waals surface area contributed by atoms with Gasteiger partial charge in [0.1, 0.15) is 0 Å². The fourth-order valence-electron chi connectivity index (χ4n) is 2.30. The normalized spacial score (nSPS) is 11.3. The van der Waals surface area contributed by atoms with Gasteiger partial charge < -0.3 is 5.32 Å². The van der Waals surface area contributed by atoms with E-state index in [2.05, 4.69) is 62.5 Å². The fourth-order valence-corrected chi connectivity index (χ4v) is 2.30. The molecule has 0 heterocycles. The summed E-state index contributed by atoms with van der Waals surface area (Å²) in [6, 6.07) is 13.3. The first-order valence-corrected chi connectivity index (χ1v) is 6.45. The Kier molecular flexibility index (Phi) is 3.80. The lowest BCUT2D eigenvalue weighted by atomic mass is 9.93. The molecule has 0 aliphatic carbocycles. The molecule has 1 nitrogen and oxygen atoms in total. The molecule has 0 saturated heterocycles. The number of hydrogen-bond donors (Lipinski definition) is 1. The topological polar surface area (TPSA) is 12.0 Å². The van der Waals surface area contributed by atoms with Gasteiger partial charge in [0.05, 0.1) is 0 Å². The standard InChI is InChI=1S/C16H21N/c1-4-17-11-13-9-10-14(12(2)3)16-8-6-5-7-15(13)16/h5-10,12,17H,4,11H2,1-3H3. The Balaban J connectivity index is 2.54. The van der Waals surface area contributed by atoms with E-state index >= 15 is 0 Å². The largest absolute Gasteiger partial charge is 0.313 e. The van der Waals surface area contributed by atoms with Crippen LogP contribution >= 0.6 is 0 Å². The van der Waals surface area contributed by atoms with Crippen LogP contribution in [0.3, 0.4) is 0 Å². The van der Waals surface area contributed by atoms with Crippen molar-refractivity contribution in [1.82, 2.24) is 5.32 Å². The molecule has 0 atom stereocenters. The van der Waals surface area contributed by atoms with Crippen LogP contribution < -0.4 is 5.32 Å². The molecule has 0 spiro atoms. The molecule has 17 heavy (non-hydrogen) atoms. The van der Waals surface area contributed by atoms with Gasteiger partial charge in [-0.15, -0.1) is 0 Å². The summed E-state index contributed by atoms with van der Waals surface area (Å²) in [6.45, 7) is 8.62. The molecule has 2 aromatic rings. The van der Waals surface area contributed by atoms with E-state index in [1.54, 1.807) is 0 Å². The van der Waals surface area contributed by atoms with Crippen LogP contribution in [0, 0.1) is 0 Å². The predicted molar refractivity (Wildman–Crippen MR) is 75.4 cm³/mol. The monoisotopic (exact) mass is 227 g/mol. The molecule has 0 saturated carbocycles. The molecule has 0 unspecified atom stereocenters. The van der Waals surface area contributed by atoms with E-state index in [1.807, 2.05) is 0 Å². The predicted octanol–water partition coefficient (Wildman–Crippen LogP) is 4.07. The minimum Gasteiger partial charge on any atom is -0.313 e. The van der Waals surface area contributed by atoms with Crippen molar-refractivity contribution in [3.8, 4) is 0 Å². The number of rotatable bonds is 4. The van der Waals surface area contributed by atoms with Crippen LogP contribution in [-0.4, -0.2) is 6.54 Å². The number of fused-ring (bicyclic) bond motifs is 1. The van der Waals surface area contributed by atoms with Gasteiger partial charge >= 0.3 is 0 Å². The van der Waals surface area contributed by atoms with Crippen LogP contribution in [0.1, 0.15) is 37.8 Å². The maximum Gasteiger partial charge on any atom is 0.0211 e. The summed E-state index contributed by atoms with van der Waals surface area (Å²) in [6.07, 6.45) is 0. The van der Waals surface area contributed by atoms with Gasteiger partial charge in [-0.1, -0.05) is 57.2 Å². The van der Waals surface area contributed by atoms with Gasteiger partial charge in [0.25, 0.3) is 0 Å². The summed E-state index contributed by atoms with van der Waals surface area (Å²) in [7, 11) is 0. The highest BCUT2D eigenvalue weighted by molar-refractivity contribution is 5.89. The van der Waals surface area contributed by atoms with E-state index in [0.717, 1.165) is 13.1 Å². The summed E-state index contributed by atoms with van der Waals surface area (Å²) < 4.78 is 0. The zero-order valence-corrected chi connectivity index (χ0v) is 11.0. The summed E-state index contributed by atoms with van der Waals surface area (Å²) in [5.41, 5.74) is 2.84. The van der Waals surface area contributed by atoms with Crippen molar-refractivity contribution < 1.29 is 0 Å². The van der Waals surface area contributed by atoms with Gasteiger partial charge in [0, 0.05) is 6.54 Å². The summed E-state index contributed by atoms with van der Waals surface area (Å²) in [4.78, 5) is 0. The number of nitrogens with one attached hydrogen (secondary N) is 1. The SMILES string of the molecule is CCNCc1ccc(C(C)C)c2ccccc12. The maximum atomic E-state index is 3.41. The fraction of sp³-hybridized carbons (Fsp3) is 0.375. The van der Waals surface area contributed by atoms with E-state index in [-0.39, 0.29) is 0 Å². The van der Waals surface area contributed by atoms with Crippen LogP contribution in [-0.2, 0) is 6.54 Å². The van der Waals surface area contributed by atoms with Crippen molar-refractivity contribution in [3.63, 3.8) is 0 Å². The van der Waals surface area contributed by atoms with Crippen LogP contribution in [0.4, 0.5) is 0 Å². The van der Waals surface area contributed by atoms with Crippen molar-refractivity contribution in [3.05, 3.63) is 47.5 Å². The third-order valence-corrected chi connectivity index (χ3v) is 3.24. The lowest BCUT2D eigenvalue weighted by molar-refractivity contribution is 0.730. The third-order valence-electron chi connectivity index (χ3n) is 3.24. The Hall–Kier alpha value is -1.34. The van der Waals surface area contributed by atoms with Gasteiger partial charge in [-0.3, -0.25) is 0 Å². The Bertz CT molecular complexity index is 500. The molecule has 0 bridgehead atoms. The van der Waals surface area contributed by atoms with E-state index in [0.29, 0.717) is 5.92 Å². The Labute approximate surface area is 104 Å². The molecule has 2 aromatic carbocycles. The van der Waals surface area contributed by atoms with Gasteiger partial charge in [-0.2, -0.15) is 0 Å². The van der Waals surface area contributed by atoms with E-state index in [4.69, 9.17) is 0 Å². The second-order valence-corrected chi connectivity index (χ2v) is 4.79. The molecule has 0 aromatic heterocycles. The summed E-state index contributed by atoms with van der Waals surface area (Å²) >= 11 is 0. The summed E-state index contributed by atoms with van der Waals surface area (Å²) in [5.74, 6) is 0.577. The molecule has 1 N–H and O–H groups in total. The van der Waals surface area contributed by atoms with Gasteiger partial charge in [0.15, 0.2) is 0 Å². The van der Waals surface area contributed by atoms with Crippen LogP contribution in [0.25, 0.3) is 10.8 Å². The van der Waals surface area contributed by atoms with Crippen molar-refractivity contribution in [2.45, 2.75) is 33.2 Å². The minimum absolute atomic E-state index is 0.577. The minimum atomic E-state index is 0.577. The van der Waals surface area contributed by atoms with Gasteiger partial charge in [-0.25, -0.2) is 0 Å². The lowest BCUT2D eigenvalue weighted by Gasteiger charge is -2.13. The molecule has 90 valence electrons. The molecule has 2 rings (SSSR count). The number of benzene rings is 2. The van der Waals surface area contributed by atoms with Crippen molar-refractivity contribution in [2.75, 3.05) is 6.54 Å². The highest BCUT2D eigenvalue weighted by Crippen LogP contribution is 2.27.